The number of hydrogen-bond acceptors (Lipinski definition) is 8. The maximum absolute atomic E-state index is 13.7. The van der Waals surface area contributed by atoms with Gasteiger partial charge in [0.15, 0.2) is 0 Å². The number of benzene rings is 2. The molecule has 0 fully saturated rings. The van der Waals surface area contributed by atoms with Crippen LogP contribution in [0.2, 0.25) is 0 Å². The quantitative estimate of drug-likeness (QED) is 0.216. The molecule has 2 aromatic carbocycles. The Balaban J connectivity index is 1.96. The molecule has 0 saturated carbocycles. The molecule has 1 heterocycles. The van der Waals surface area contributed by atoms with Crippen molar-refractivity contribution in [3.05, 3.63) is 77.4 Å². The van der Waals surface area contributed by atoms with Crippen LogP contribution in [0.5, 0.6) is 0 Å². The van der Waals surface area contributed by atoms with Crippen LogP contribution in [0.1, 0.15) is 66.9 Å². The van der Waals surface area contributed by atoms with E-state index in [4.69, 9.17) is 4.74 Å². The zero-order valence-corrected chi connectivity index (χ0v) is 23.4. The largest absolute Gasteiger partial charge is 0.550 e. The Kier molecular flexibility index (Phi) is 11.5. The number of aliphatic hydroxyl groups is 3. The summed E-state index contributed by atoms with van der Waals surface area (Å²) >= 11 is 0. The zero-order valence-electron chi connectivity index (χ0n) is 23.4. The van der Waals surface area contributed by atoms with Crippen LogP contribution in [0.3, 0.4) is 0 Å². The molecule has 41 heavy (non-hydrogen) atoms. The van der Waals surface area contributed by atoms with Crippen LogP contribution in [-0.2, 0) is 16.1 Å². The molecular formula is C30H37FN3O7-. The molecule has 1 amide bonds. The van der Waals surface area contributed by atoms with Gasteiger partial charge < -0.3 is 39.8 Å². The second-order valence-corrected chi connectivity index (χ2v) is 10.3. The van der Waals surface area contributed by atoms with E-state index in [-0.39, 0.29) is 37.6 Å². The van der Waals surface area contributed by atoms with E-state index in [1.54, 1.807) is 28.8 Å². The molecule has 0 spiro atoms. The standard InChI is InChI=1S/C30H38FN3O7/c1-18(2)27-26(30(40)32-24(17-41-3)28(39)19-7-5-4-6-8-19)33-29(20-9-11-21(31)12-10-20)34(27)14-13-22(35)15-23(36)16-25(37)38/h4-12,18,22-24,28,35-36,39H,13-17H2,1-3H3,(H,32,40)(H,37,38)/p-1/t22-,23-,24+,28+/m1/s1. The number of amides is 1. The van der Waals surface area contributed by atoms with E-state index in [1.165, 1.54) is 31.4 Å². The first-order valence-corrected chi connectivity index (χ1v) is 13.5. The van der Waals surface area contributed by atoms with Crippen molar-refractivity contribution >= 4 is 11.9 Å². The summed E-state index contributed by atoms with van der Waals surface area (Å²) in [5, 5.41) is 45.0. The van der Waals surface area contributed by atoms with Crippen molar-refractivity contribution in [1.29, 1.82) is 0 Å². The topological polar surface area (TPSA) is 157 Å². The number of aromatic nitrogens is 2. The fourth-order valence-corrected chi connectivity index (χ4v) is 4.76. The van der Waals surface area contributed by atoms with E-state index >= 15 is 0 Å². The summed E-state index contributed by atoms with van der Waals surface area (Å²) in [6.45, 7) is 3.97. The first kappa shape index (κ1) is 31.9. The van der Waals surface area contributed by atoms with Crippen molar-refractivity contribution in [2.75, 3.05) is 13.7 Å². The summed E-state index contributed by atoms with van der Waals surface area (Å²) in [4.78, 5) is 29.1. The average Bonchev–Trinajstić information content (AvgIpc) is 3.31. The molecule has 1 aromatic heterocycles. The number of imidazole rings is 1. The molecule has 11 heteroatoms. The Morgan fingerprint density at radius 2 is 1.71 bits per heavy atom. The van der Waals surface area contributed by atoms with Gasteiger partial charge in [-0.2, -0.15) is 0 Å². The Labute approximate surface area is 238 Å². The van der Waals surface area contributed by atoms with Gasteiger partial charge in [-0.15, -0.1) is 0 Å². The minimum Gasteiger partial charge on any atom is -0.550 e. The maximum atomic E-state index is 13.7. The molecule has 3 aromatic rings. The third-order valence-electron chi connectivity index (χ3n) is 6.69. The van der Waals surface area contributed by atoms with Crippen molar-refractivity contribution in [1.82, 2.24) is 14.9 Å². The van der Waals surface area contributed by atoms with Gasteiger partial charge in [-0.05, 0) is 48.6 Å². The summed E-state index contributed by atoms with van der Waals surface area (Å²) in [6.07, 6.45) is -4.01. The molecule has 0 aliphatic rings. The molecule has 3 rings (SSSR count). The molecule has 0 aliphatic heterocycles. The predicted molar refractivity (Wildman–Crippen MR) is 147 cm³/mol. The fraction of sp³-hybridized carbons (Fsp3) is 0.433. The average molecular weight is 571 g/mol. The first-order chi connectivity index (χ1) is 19.5. The molecule has 10 nitrogen and oxygen atoms in total. The summed E-state index contributed by atoms with van der Waals surface area (Å²) in [6, 6.07) is 13.7. The van der Waals surface area contributed by atoms with Crippen LogP contribution in [0.25, 0.3) is 11.4 Å². The Morgan fingerprint density at radius 1 is 1.05 bits per heavy atom. The number of carboxylic acid groups (broad SMARTS) is 1. The Bertz CT molecular complexity index is 1280. The minimum absolute atomic E-state index is 0.0325. The van der Waals surface area contributed by atoms with Gasteiger partial charge in [-0.25, -0.2) is 9.37 Å². The number of nitrogens with one attached hydrogen (secondary N) is 1. The lowest BCUT2D eigenvalue weighted by Crippen LogP contribution is -2.43. The number of carbonyl (C=O) groups is 2. The summed E-state index contributed by atoms with van der Waals surface area (Å²) in [7, 11) is 1.47. The third-order valence-corrected chi connectivity index (χ3v) is 6.69. The van der Waals surface area contributed by atoms with Gasteiger partial charge in [0.05, 0.1) is 30.6 Å². The van der Waals surface area contributed by atoms with Crippen LogP contribution < -0.4 is 10.4 Å². The normalized spacial score (nSPS) is 14.4. The number of hydrogen-bond donors (Lipinski definition) is 4. The fourth-order valence-electron chi connectivity index (χ4n) is 4.76. The smallest absolute Gasteiger partial charge is 0.272 e. The number of aliphatic carboxylic acids is 1. The predicted octanol–water partition coefficient (Wildman–Crippen LogP) is 1.93. The van der Waals surface area contributed by atoms with Gasteiger partial charge in [-0.3, -0.25) is 4.79 Å². The zero-order chi connectivity index (χ0) is 30.1. The first-order valence-electron chi connectivity index (χ1n) is 13.5. The molecular weight excluding hydrogens is 533 g/mol. The molecule has 0 aliphatic carbocycles. The molecule has 4 N–H and O–H groups in total. The van der Waals surface area contributed by atoms with Gasteiger partial charge in [0.25, 0.3) is 5.91 Å². The maximum Gasteiger partial charge on any atom is 0.272 e. The molecule has 0 bridgehead atoms. The van der Waals surface area contributed by atoms with E-state index in [2.05, 4.69) is 10.3 Å². The Hall–Kier alpha value is -3.64. The molecule has 0 radical (unpaired) electrons. The van der Waals surface area contributed by atoms with Crippen molar-refractivity contribution in [3.63, 3.8) is 0 Å². The molecule has 0 unspecified atom stereocenters. The van der Waals surface area contributed by atoms with Gasteiger partial charge in [0.1, 0.15) is 23.4 Å². The number of aliphatic hydroxyl groups excluding tert-OH is 3. The van der Waals surface area contributed by atoms with E-state index in [0.29, 0.717) is 22.6 Å². The number of nitrogens with zero attached hydrogens (tertiary/aromatic N) is 2. The number of methoxy groups -OCH3 is 1. The summed E-state index contributed by atoms with van der Waals surface area (Å²) in [5.41, 5.74) is 1.80. The minimum atomic E-state index is -1.42. The van der Waals surface area contributed by atoms with Crippen LogP contribution in [0, 0.1) is 5.82 Å². The monoisotopic (exact) mass is 570 g/mol. The van der Waals surface area contributed by atoms with Gasteiger partial charge in [0.2, 0.25) is 0 Å². The number of carboxylic acids is 1. The second-order valence-electron chi connectivity index (χ2n) is 10.3. The van der Waals surface area contributed by atoms with Crippen LogP contribution >= 0.6 is 0 Å². The second kappa shape index (κ2) is 14.8. The highest BCUT2D eigenvalue weighted by Crippen LogP contribution is 2.29. The van der Waals surface area contributed by atoms with Crippen molar-refractivity contribution in [2.24, 2.45) is 0 Å². The van der Waals surface area contributed by atoms with Crippen LogP contribution in [0.15, 0.2) is 54.6 Å². The van der Waals surface area contributed by atoms with E-state index in [0.717, 1.165) is 0 Å². The highest BCUT2D eigenvalue weighted by Gasteiger charge is 2.29. The van der Waals surface area contributed by atoms with Gasteiger partial charge >= 0.3 is 0 Å². The van der Waals surface area contributed by atoms with Crippen LogP contribution in [0.4, 0.5) is 4.39 Å². The molecule has 222 valence electrons. The van der Waals surface area contributed by atoms with Gasteiger partial charge in [-0.1, -0.05) is 44.2 Å². The highest BCUT2D eigenvalue weighted by atomic mass is 19.1. The molecule has 4 atom stereocenters. The summed E-state index contributed by atoms with van der Waals surface area (Å²) in [5.74, 6) is -2.24. The van der Waals surface area contributed by atoms with E-state index in [1.807, 2.05) is 19.9 Å². The molecule has 0 saturated heterocycles. The number of ether oxygens (including phenoxy) is 1. The Morgan fingerprint density at radius 3 is 2.29 bits per heavy atom. The lowest BCUT2D eigenvalue weighted by molar-refractivity contribution is -0.307. The van der Waals surface area contributed by atoms with Crippen molar-refractivity contribution < 1.29 is 39.1 Å². The number of rotatable bonds is 15. The third kappa shape index (κ3) is 8.67. The number of carbonyl (C=O) groups excluding carboxylic acids is 2. The van der Waals surface area contributed by atoms with E-state index in [9.17, 15) is 34.4 Å². The number of halogens is 1. The lowest BCUT2D eigenvalue weighted by Gasteiger charge is -2.24. The van der Waals surface area contributed by atoms with Crippen molar-refractivity contribution in [3.8, 4) is 11.4 Å². The van der Waals surface area contributed by atoms with E-state index < -0.39 is 48.5 Å². The van der Waals surface area contributed by atoms with Crippen molar-refractivity contribution in [2.45, 2.75) is 69.9 Å². The lowest BCUT2D eigenvalue weighted by atomic mass is 10.0. The highest BCUT2D eigenvalue weighted by molar-refractivity contribution is 5.94. The SMILES string of the molecule is COC[C@H](NC(=O)c1nc(-c2ccc(F)cc2)n(CC[C@@H](O)C[C@@H](O)CC(=O)[O-])c1C(C)C)[C@@H](O)c1ccccc1. The summed E-state index contributed by atoms with van der Waals surface area (Å²) < 4.78 is 20.7. The van der Waals surface area contributed by atoms with Crippen LogP contribution in [-0.4, -0.2) is 68.7 Å². The van der Waals surface area contributed by atoms with Gasteiger partial charge in [0, 0.05) is 31.6 Å².